The predicted molar refractivity (Wildman–Crippen MR) is 93.8 cm³/mol. The molecule has 1 aromatic rings. The van der Waals surface area contributed by atoms with E-state index in [9.17, 15) is 9.59 Å². The molecule has 0 saturated carbocycles. The first-order chi connectivity index (χ1) is 10.6. The van der Waals surface area contributed by atoms with Gasteiger partial charge in [0.05, 0.1) is 10.9 Å². The van der Waals surface area contributed by atoms with Crippen LogP contribution in [0.1, 0.15) is 32.6 Å². The minimum absolute atomic E-state index is 0.208. The van der Waals surface area contributed by atoms with Crippen LogP contribution in [0, 0.1) is 0 Å². The van der Waals surface area contributed by atoms with Crippen molar-refractivity contribution in [3.05, 3.63) is 34.0 Å². The number of halogens is 1. The number of ether oxygens (including phenoxy) is 1. The molecule has 1 heterocycles. The van der Waals surface area contributed by atoms with Crippen LogP contribution in [0.4, 0.5) is 4.79 Å². The molecule has 2 amide bonds. The fourth-order valence-electron chi connectivity index (χ4n) is 1.83. The van der Waals surface area contributed by atoms with Gasteiger partial charge in [-0.2, -0.15) is 0 Å². The molecule has 5 nitrogen and oxygen atoms in total. The second kappa shape index (κ2) is 8.36. The number of hydrogen-bond donors (Lipinski definition) is 1. The van der Waals surface area contributed by atoms with Crippen LogP contribution in [0.25, 0.3) is 0 Å². The van der Waals surface area contributed by atoms with E-state index in [1.54, 1.807) is 44.7 Å². The molecule has 0 fully saturated rings. The molecular weight excluding hydrogens is 336 g/mol. The standard InChI is InChI=1S/C16H23ClN2O3S/c1-6-9-19(10-12-7-8-13(17)23-12)14(20)11(2)18-15(21)22-16(3,4)5/h6-8,11H,1,9-10H2,2-5H3,(H,18,21)/t11-/m1/s1. The summed E-state index contributed by atoms with van der Waals surface area (Å²) in [6.07, 6.45) is 1.03. The maximum absolute atomic E-state index is 12.5. The number of carbonyl (C=O) groups excluding carboxylic acids is 2. The molecule has 1 N–H and O–H groups in total. The Kier molecular flexibility index (Phi) is 7.09. The van der Waals surface area contributed by atoms with Gasteiger partial charge in [-0.1, -0.05) is 17.7 Å². The van der Waals surface area contributed by atoms with Gasteiger partial charge >= 0.3 is 6.09 Å². The van der Waals surface area contributed by atoms with Crippen molar-refractivity contribution < 1.29 is 14.3 Å². The number of hydrogen-bond acceptors (Lipinski definition) is 4. The van der Waals surface area contributed by atoms with Gasteiger partial charge in [0, 0.05) is 11.4 Å². The maximum Gasteiger partial charge on any atom is 0.408 e. The molecule has 0 radical (unpaired) electrons. The summed E-state index contributed by atoms with van der Waals surface area (Å²) in [5, 5.41) is 2.56. The fraction of sp³-hybridized carbons (Fsp3) is 0.500. The topological polar surface area (TPSA) is 58.6 Å². The summed E-state index contributed by atoms with van der Waals surface area (Å²) in [7, 11) is 0. The number of nitrogens with zero attached hydrogens (tertiary/aromatic N) is 1. The van der Waals surface area contributed by atoms with Crippen LogP contribution in [0.15, 0.2) is 24.8 Å². The highest BCUT2D eigenvalue weighted by molar-refractivity contribution is 7.16. The molecular formula is C16H23ClN2O3S. The van der Waals surface area contributed by atoms with Crippen molar-refractivity contribution >= 4 is 34.9 Å². The van der Waals surface area contributed by atoms with Crippen molar-refractivity contribution in [2.45, 2.75) is 45.9 Å². The highest BCUT2D eigenvalue weighted by Gasteiger charge is 2.24. The summed E-state index contributed by atoms with van der Waals surface area (Å²) in [6, 6.07) is 2.98. The lowest BCUT2D eigenvalue weighted by molar-refractivity contribution is -0.133. The molecule has 0 aliphatic heterocycles. The van der Waals surface area contributed by atoms with Gasteiger partial charge in [0.25, 0.3) is 0 Å². The van der Waals surface area contributed by atoms with Crippen LogP contribution in [0.5, 0.6) is 0 Å². The zero-order valence-electron chi connectivity index (χ0n) is 13.9. The van der Waals surface area contributed by atoms with E-state index in [1.165, 1.54) is 11.3 Å². The molecule has 0 unspecified atom stereocenters. The first kappa shape index (κ1) is 19.5. The quantitative estimate of drug-likeness (QED) is 0.786. The molecule has 0 spiro atoms. The molecule has 1 rings (SSSR count). The number of nitrogens with one attached hydrogen (secondary N) is 1. The summed E-state index contributed by atoms with van der Waals surface area (Å²) in [5.74, 6) is -0.208. The average Bonchev–Trinajstić information content (AvgIpc) is 2.80. The molecule has 1 atom stereocenters. The van der Waals surface area contributed by atoms with Gasteiger partial charge in [-0.25, -0.2) is 4.79 Å². The van der Waals surface area contributed by atoms with Crippen LogP contribution >= 0.6 is 22.9 Å². The summed E-state index contributed by atoms with van der Waals surface area (Å²) in [6.45, 7) is 11.4. The Balaban J connectivity index is 2.68. The van der Waals surface area contributed by atoms with Crippen molar-refractivity contribution in [3.8, 4) is 0 Å². The third-order valence-corrected chi connectivity index (χ3v) is 3.96. The van der Waals surface area contributed by atoms with Crippen molar-refractivity contribution in [1.82, 2.24) is 10.2 Å². The second-order valence-corrected chi connectivity index (χ2v) is 7.88. The van der Waals surface area contributed by atoms with Crippen molar-refractivity contribution in [1.29, 1.82) is 0 Å². The lowest BCUT2D eigenvalue weighted by Crippen LogP contribution is -2.47. The van der Waals surface area contributed by atoms with Crippen molar-refractivity contribution in [2.75, 3.05) is 6.54 Å². The maximum atomic E-state index is 12.5. The number of amides is 2. The SMILES string of the molecule is C=CCN(Cc1ccc(Cl)s1)C(=O)[C@@H](C)NC(=O)OC(C)(C)C. The Bertz CT molecular complexity index is 566. The number of thiophene rings is 1. The summed E-state index contributed by atoms with van der Waals surface area (Å²) < 4.78 is 5.84. The fourth-order valence-corrected chi connectivity index (χ4v) is 2.94. The van der Waals surface area contributed by atoms with E-state index in [2.05, 4.69) is 11.9 Å². The normalized spacial score (nSPS) is 12.4. The second-order valence-electron chi connectivity index (χ2n) is 6.08. The molecule has 0 aliphatic carbocycles. The smallest absolute Gasteiger partial charge is 0.408 e. The van der Waals surface area contributed by atoms with Crippen LogP contribution in [0.2, 0.25) is 4.34 Å². The van der Waals surface area contributed by atoms with E-state index >= 15 is 0 Å². The number of rotatable bonds is 6. The minimum Gasteiger partial charge on any atom is -0.444 e. The molecule has 7 heteroatoms. The minimum atomic E-state index is -0.694. The molecule has 0 aliphatic rings. The van der Waals surface area contributed by atoms with Crippen LogP contribution < -0.4 is 5.32 Å². The summed E-state index contributed by atoms with van der Waals surface area (Å²) in [4.78, 5) is 26.9. The molecule has 128 valence electrons. The van der Waals surface area contributed by atoms with Gasteiger partial charge in [0.15, 0.2) is 0 Å². The van der Waals surface area contributed by atoms with Crippen LogP contribution in [0.3, 0.4) is 0 Å². The van der Waals surface area contributed by atoms with E-state index in [-0.39, 0.29) is 5.91 Å². The highest BCUT2D eigenvalue weighted by atomic mass is 35.5. The Morgan fingerprint density at radius 1 is 1.48 bits per heavy atom. The van der Waals surface area contributed by atoms with Gasteiger partial charge in [-0.05, 0) is 39.8 Å². The monoisotopic (exact) mass is 358 g/mol. The highest BCUT2D eigenvalue weighted by Crippen LogP contribution is 2.23. The van der Waals surface area contributed by atoms with Gasteiger partial charge < -0.3 is 15.0 Å². The molecule has 0 saturated heterocycles. The van der Waals surface area contributed by atoms with E-state index in [0.29, 0.717) is 17.4 Å². The number of alkyl carbamates (subject to hydrolysis) is 1. The van der Waals surface area contributed by atoms with Gasteiger partial charge in [0.2, 0.25) is 5.91 Å². The lowest BCUT2D eigenvalue weighted by atomic mass is 10.2. The molecule has 23 heavy (non-hydrogen) atoms. The molecule has 0 bridgehead atoms. The Morgan fingerprint density at radius 2 is 2.13 bits per heavy atom. The summed E-state index contributed by atoms with van der Waals surface area (Å²) >= 11 is 7.33. The van der Waals surface area contributed by atoms with Crippen LogP contribution in [-0.2, 0) is 16.1 Å². The first-order valence-electron chi connectivity index (χ1n) is 7.26. The first-order valence-corrected chi connectivity index (χ1v) is 8.45. The van der Waals surface area contributed by atoms with Gasteiger partial charge in [-0.15, -0.1) is 17.9 Å². The Labute approximate surface area is 146 Å². The average molecular weight is 359 g/mol. The van der Waals surface area contributed by atoms with Crippen molar-refractivity contribution in [3.63, 3.8) is 0 Å². The van der Waals surface area contributed by atoms with E-state index in [0.717, 1.165) is 4.88 Å². The Hall–Kier alpha value is -1.53. The largest absolute Gasteiger partial charge is 0.444 e. The predicted octanol–water partition coefficient (Wildman–Crippen LogP) is 3.83. The summed E-state index contributed by atoms with van der Waals surface area (Å²) in [5.41, 5.74) is -0.610. The lowest BCUT2D eigenvalue weighted by Gasteiger charge is -2.26. The van der Waals surface area contributed by atoms with Crippen LogP contribution in [-0.4, -0.2) is 35.1 Å². The van der Waals surface area contributed by atoms with Crippen molar-refractivity contribution in [2.24, 2.45) is 0 Å². The van der Waals surface area contributed by atoms with E-state index in [4.69, 9.17) is 16.3 Å². The molecule has 1 aromatic heterocycles. The Morgan fingerprint density at radius 3 is 2.61 bits per heavy atom. The third kappa shape index (κ3) is 7.05. The van der Waals surface area contributed by atoms with Gasteiger partial charge in [-0.3, -0.25) is 4.79 Å². The van der Waals surface area contributed by atoms with E-state index < -0.39 is 17.7 Å². The zero-order valence-corrected chi connectivity index (χ0v) is 15.5. The zero-order chi connectivity index (χ0) is 17.6. The molecule has 0 aromatic carbocycles. The van der Waals surface area contributed by atoms with E-state index in [1.807, 2.05) is 6.07 Å². The van der Waals surface area contributed by atoms with Gasteiger partial charge in [0.1, 0.15) is 11.6 Å². The number of carbonyl (C=O) groups is 2. The third-order valence-electron chi connectivity index (χ3n) is 2.74.